The first-order chi connectivity index (χ1) is 11.5. The molecule has 0 saturated heterocycles. The van der Waals surface area contributed by atoms with Crippen molar-refractivity contribution in [3.05, 3.63) is 23.8 Å². The number of nitrogens with one attached hydrogen (secondary N) is 2. The molecule has 0 saturated carbocycles. The van der Waals surface area contributed by atoms with Crippen LogP contribution in [-0.4, -0.2) is 53.1 Å². The van der Waals surface area contributed by atoms with Gasteiger partial charge in [0, 0.05) is 14.2 Å². The van der Waals surface area contributed by atoms with Gasteiger partial charge in [0.15, 0.2) is 17.8 Å². The third kappa shape index (κ3) is 5.39. The predicted molar refractivity (Wildman–Crippen MR) is 86.9 cm³/mol. The van der Waals surface area contributed by atoms with Crippen LogP contribution in [0.15, 0.2) is 18.2 Å². The average Bonchev–Trinajstić information content (AvgIpc) is 2.61. The number of rotatable bonds is 8. The summed E-state index contributed by atoms with van der Waals surface area (Å²) in [5.41, 5.74) is 0.778. The van der Waals surface area contributed by atoms with E-state index in [1.54, 1.807) is 32.2 Å². The maximum absolute atomic E-state index is 11.9. The van der Waals surface area contributed by atoms with Crippen LogP contribution >= 0.6 is 0 Å². The maximum Gasteiger partial charge on any atom is 0.309 e. The molecule has 2 N–H and O–H groups in total. The Morgan fingerprint density at radius 1 is 1.00 bits per heavy atom. The molecule has 1 atom stereocenters. The minimum atomic E-state index is -0.763. The Hall–Kier alpha value is -2.32. The van der Waals surface area contributed by atoms with Crippen LogP contribution in [0, 0.1) is 0 Å². The standard InChI is InChI=1S/C16H24N2O6/c1-10(11-6-7-12(21-2)13(8-11)22-3)18-16(20)15(19)17-9-14(23-4)24-5/h6-8,10,14H,9H2,1-5H3,(H,17,19)(H,18,20). The van der Waals surface area contributed by atoms with Crippen molar-refractivity contribution in [3.63, 3.8) is 0 Å². The van der Waals surface area contributed by atoms with E-state index in [9.17, 15) is 9.59 Å². The van der Waals surface area contributed by atoms with Crippen molar-refractivity contribution in [3.8, 4) is 11.5 Å². The van der Waals surface area contributed by atoms with E-state index in [4.69, 9.17) is 18.9 Å². The van der Waals surface area contributed by atoms with Gasteiger partial charge in [-0.2, -0.15) is 0 Å². The van der Waals surface area contributed by atoms with Crippen LogP contribution in [0.1, 0.15) is 18.5 Å². The second-order valence-corrected chi connectivity index (χ2v) is 4.92. The second-order valence-electron chi connectivity index (χ2n) is 4.92. The number of methoxy groups -OCH3 is 4. The summed E-state index contributed by atoms with van der Waals surface area (Å²) in [7, 11) is 5.96. The van der Waals surface area contributed by atoms with Gasteiger partial charge in [-0.05, 0) is 24.6 Å². The Balaban J connectivity index is 2.64. The topological polar surface area (TPSA) is 95.1 Å². The fraction of sp³-hybridized carbons (Fsp3) is 0.500. The van der Waals surface area contributed by atoms with Crippen LogP contribution in [0.4, 0.5) is 0 Å². The summed E-state index contributed by atoms with van der Waals surface area (Å²) in [5, 5.41) is 5.05. The zero-order valence-corrected chi connectivity index (χ0v) is 14.5. The number of amides is 2. The number of benzene rings is 1. The number of carbonyl (C=O) groups excluding carboxylic acids is 2. The van der Waals surface area contributed by atoms with Crippen LogP contribution in [0.3, 0.4) is 0 Å². The molecule has 0 bridgehead atoms. The van der Waals surface area contributed by atoms with Crippen molar-refractivity contribution >= 4 is 11.8 Å². The van der Waals surface area contributed by atoms with Gasteiger partial charge >= 0.3 is 11.8 Å². The van der Waals surface area contributed by atoms with Gasteiger partial charge < -0.3 is 29.6 Å². The molecule has 24 heavy (non-hydrogen) atoms. The number of hydrogen-bond acceptors (Lipinski definition) is 6. The molecule has 1 aromatic carbocycles. The Morgan fingerprint density at radius 3 is 2.17 bits per heavy atom. The zero-order chi connectivity index (χ0) is 18.1. The van der Waals surface area contributed by atoms with Gasteiger partial charge in [0.2, 0.25) is 0 Å². The Labute approximate surface area is 141 Å². The first-order valence-corrected chi connectivity index (χ1v) is 7.33. The van der Waals surface area contributed by atoms with E-state index < -0.39 is 18.1 Å². The van der Waals surface area contributed by atoms with Gasteiger partial charge in [0.25, 0.3) is 0 Å². The van der Waals surface area contributed by atoms with Gasteiger partial charge in [-0.15, -0.1) is 0 Å². The van der Waals surface area contributed by atoms with Crippen molar-refractivity contribution in [2.45, 2.75) is 19.3 Å². The molecular formula is C16H24N2O6. The predicted octanol–water partition coefficient (Wildman–Crippen LogP) is 0.616. The SMILES string of the molecule is COc1ccc(C(C)NC(=O)C(=O)NCC(OC)OC)cc1OC. The highest BCUT2D eigenvalue weighted by Crippen LogP contribution is 2.29. The van der Waals surface area contributed by atoms with Gasteiger partial charge in [-0.25, -0.2) is 0 Å². The summed E-state index contributed by atoms with van der Waals surface area (Å²) >= 11 is 0. The Bertz CT molecular complexity index is 559. The van der Waals surface area contributed by atoms with Crippen LogP contribution in [0.5, 0.6) is 11.5 Å². The number of carbonyl (C=O) groups is 2. The lowest BCUT2D eigenvalue weighted by atomic mass is 10.1. The minimum absolute atomic E-state index is 0.0734. The molecule has 0 aliphatic heterocycles. The molecule has 1 rings (SSSR count). The van der Waals surface area contributed by atoms with E-state index in [-0.39, 0.29) is 12.6 Å². The van der Waals surface area contributed by atoms with Gasteiger partial charge in [0.1, 0.15) is 0 Å². The lowest BCUT2D eigenvalue weighted by Crippen LogP contribution is -2.44. The van der Waals surface area contributed by atoms with Crippen LogP contribution in [-0.2, 0) is 19.1 Å². The highest BCUT2D eigenvalue weighted by molar-refractivity contribution is 6.35. The minimum Gasteiger partial charge on any atom is -0.493 e. The van der Waals surface area contributed by atoms with Crippen molar-refractivity contribution < 1.29 is 28.5 Å². The summed E-state index contributed by atoms with van der Waals surface area (Å²) in [6, 6.07) is 4.88. The summed E-state index contributed by atoms with van der Waals surface area (Å²) in [5.74, 6) is -0.379. The Morgan fingerprint density at radius 2 is 1.62 bits per heavy atom. The fourth-order valence-electron chi connectivity index (χ4n) is 1.99. The van der Waals surface area contributed by atoms with E-state index in [0.29, 0.717) is 11.5 Å². The summed E-state index contributed by atoms with van der Waals surface area (Å²) in [4.78, 5) is 23.7. The molecule has 0 fully saturated rings. The second kappa shape index (κ2) is 9.74. The van der Waals surface area contributed by atoms with Crippen molar-refractivity contribution in [1.82, 2.24) is 10.6 Å². The largest absolute Gasteiger partial charge is 0.493 e. The zero-order valence-electron chi connectivity index (χ0n) is 14.5. The monoisotopic (exact) mass is 340 g/mol. The molecule has 8 nitrogen and oxygen atoms in total. The molecule has 0 spiro atoms. The molecule has 2 amide bonds. The third-order valence-corrected chi connectivity index (χ3v) is 3.42. The lowest BCUT2D eigenvalue weighted by Gasteiger charge is -2.17. The fourth-order valence-corrected chi connectivity index (χ4v) is 1.99. The van der Waals surface area contributed by atoms with Crippen molar-refractivity contribution in [2.75, 3.05) is 35.0 Å². The van der Waals surface area contributed by atoms with Crippen molar-refractivity contribution in [2.24, 2.45) is 0 Å². The van der Waals surface area contributed by atoms with Gasteiger partial charge in [0.05, 0.1) is 26.8 Å². The highest BCUT2D eigenvalue weighted by Gasteiger charge is 2.19. The normalized spacial score (nSPS) is 11.8. The van der Waals surface area contributed by atoms with E-state index in [0.717, 1.165) is 5.56 Å². The molecule has 134 valence electrons. The molecule has 0 aromatic heterocycles. The van der Waals surface area contributed by atoms with E-state index in [1.165, 1.54) is 21.3 Å². The van der Waals surface area contributed by atoms with Crippen LogP contribution in [0.25, 0.3) is 0 Å². The third-order valence-electron chi connectivity index (χ3n) is 3.42. The maximum atomic E-state index is 11.9. The first kappa shape index (κ1) is 19.7. The van der Waals surface area contributed by atoms with Crippen molar-refractivity contribution in [1.29, 1.82) is 0 Å². The number of ether oxygens (including phenoxy) is 4. The molecule has 8 heteroatoms. The van der Waals surface area contributed by atoms with E-state index >= 15 is 0 Å². The lowest BCUT2D eigenvalue weighted by molar-refractivity contribution is -0.142. The molecule has 0 aliphatic carbocycles. The quantitative estimate of drug-likeness (QED) is 0.532. The van der Waals surface area contributed by atoms with Crippen LogP contribution < -0.4 is 20.1 Å². The molecule has 1 unspecified atom stereocenters. The smallest absolute Gasteiger partial charge is 0.309 e. The first-order valence-electron chi connectivity index (χ1n) is 7.33. The summed E-state index contributed by atoms with van der Waals surface area (Å²) < 4.78 is 20.3. The molecule has 0 radical (unpaired) electrons. The molecule has 1 aromatic rings. The Kier molecular flexibility index (Phi) is 8.00. The van der Waals surface area contributed by atoms with E-state index in [1.807, 2.05) is 0 Å². The summed E-state index contributed by atoms with van der Waals surface area (Å²) in [6.07, 6.45) is -0.606. The average molecular weight is 340 g/mol. The van der Waals surface area contributed by atoms with Gasteiger partial charge in [-0.3, -0.25) is 9.59 Å². The molecule has 0 aliphatic rings. The summed E-state index contributed by atoms with van der Waals surface area (Å²) in [6.45, 7) is 1.84. The van der Waals surface area contributed by atoms with Gasteiger partial charge in [-0.1, -0.05) is 6.07 Å². The molecule has 0 heterocycles. The van der Waals surface area contributed by atoms with Crippen LogP contribution in [0.2, 0.25) is 0 Å². The highest BCUT2D eigenvalue weighted by atomic mass is 16.7. The van der Waals surface area contributed by atoms with E-state index in [2.05, 4.69) is 10.6 Å². The number of hydrogen-bond donors (Lipinski definition) is 2. The molecular weight excluding hydrogens is 316 g/mol.